The predicted octanol–water partition coefficient (Wildman–Crippen LogP) is 5.61. The van der Waals surface area contributed by atoms with Gasteiger partial charge < -0.3 is 18.3 Å². The van der Waals surface area contributed by atoms with Gasteiger partial charge in [-0.2, -0.15) is 0 Å². The lowest BCUT2D eigenvalue weighted by molar-refractivity contribution is -0.143. The van der Waals surface area contributed by atoms with Crippen molar-refractivity contribution in [2.45, 2.75) is 103 Å². The standard InChI is InChI=1S/C22H46O5Si2/c1-24-15-13-11-9-10-12-14-18-19(16-22(23)25-2)21(27-29(6,7)8)17-20(18)26-28(3,4)5/h18-21H,9-17H2,1-8H3/t18-,19-,20+,21-/m0/s1. The molecule has 0 aromatic heterocycles. The minimum absolute atomic E-state index is 0.105. The third-order valence-corrected chi connectivity index (χ3v) is 7.52. The van der Waals surface area contributed by atoms with Gasteiger partial charge in [0.15, 0.2) is 16.6 Å². The third-order valence-electron chi connectivity index (χ3n) is 5.50. The molecule has 4 atom stereocenters. The molecule has 0 amide bonds. The second-order valence-electron chi connectivity index (χ2n) is 10.4. The van der Waals surface area contributed by atoms with Gasteiger partial charge in [0, 0.05) is 13.7 Å². The van der Waals surface area contributed by atoms with E-state index in [1.165, 1.54) is 32.8 Å². The lowest BCUT2D eigenvalue weighted by Gasteiger charge is -2.31. The van der Waals surface area contributed by atoms with Gasteiger partial charge in [-0.05, 0) is 70.4 Å². The van der Waals surface area contributed by atoms with Crippen LogP contribution in [0.2, 0.25) is 39.3 Å². The van der Waals surface area contributed by atoms with Gasteiger partial charge in [-0.1, -0.05) is 25.7 Å². The van der Waals surface area contributed by atoms with Crippen molar-refractivity contribution in [3.05, 3.63) is 0 Å². The molecule has 5 nitrogen and oxygen atoms in total. The summed E-state index contributed by atoms with van der Waals surface area (Å²) in [5, 5.41) is 0. The molecule has 0 aliphatic heterocycles. The Hall–Kier alpha value is -0.216. The van der Waals surface area contributed by atoms with E-state index >= 15 is 0 Å². The molecule has 1 aliphatic rings. The summed E-state index contributed by atoms with van der Waals surface area (Å²) in [5.41, 5.74) is 0. The fraction of sp³-hybridized carbons (Fsp3) is 0.955. The van der Waals surface area contributed by atoms with Crippen LogP contribution in [-0.2, 0) is 23.1 Å². The summed E-state index contributed by atoms with van der Waals surface area (Å²) in [6.45, 7) is 14.3. The van der Waals surface area contributed by atoms with Crippen molar-refractivity contribution < 1.29 is 23.1 Å². The molecule has 0 aromatic rings. The second-order valence-corrected chi connectivity index (χ2v) is 19.4. The summed E-state index contributed by atoms with van der Waals surface area (Å²) in [7, 11) is -0.136. The van der Waals surface area contributed by atoms with E-state index in [4.69, 9.17) is 18.3 Å². The molecule has 0 unspecified atom stereocenters. The molecule has 0 spiro atoms. The molecule has 172 valence electrons. The van der Waals surface area contributed by atoms with Crippen LogP contribution >= 0.6 is 0 Å². The van der Waals surface area contributed by atoms with Crippen LogP contribution in [0.4, 0.5) is 0 Å². The van der Waals surface area contributed by atoms with E-state index in [0.717, 1.165) is 25.9 Å². The second kappa shape index (κ2) is 12.6. The number of carbonyl (C=O) groups excluding carboxylic acids is 1. The minimum atomic E-state index is -1.71. The Morgan fingerprint density at radius 2 is 1.31 bits per heavy atom. The van der Waals surface area contributed by atoms with Crippen molar-refractivity contribution in [1.82, 2.24) is 0 Å². The summed E-state index contributed by atoms with van der Waals surface area (Å²) in [5.74, 6) is 0.447. The van der Waals surface area contributed by atoms with Gasteiger partial charge in [0.2, 0.25) is 0 Å². The topological polar surface area (TPSA) is 54.0 Å². The Labute approximate surface area is 181 Å². The number of hydrogen-bond donors (Lipinski definition) is 0. The molecule has 0 aromatic carbocycles. The van der Waals surface area contributed by atoms with E-state index in [1.807, 2.05) is 0 Å². The van der Waals surface area contributed by atoms with E-state index < -0.39 is 16.6 Å². The zero-order chi connectivity index (χ0) is 22.1. The van der Waals surface area contributed by atoms with Crippen LogP contribution in [-0.4, -0.2) is 55.6 Å². The van der Waals surface area contributed by atoms with Gasteiger partial charge in [-0.25, -0.2) is 0 Å². The largest absolute Gasteiger partial charge is 0.469 e. The Morgan fingerprint density at radius 1 is 0.793 bits per heavy atom. The SMILES string of the molecule is COCCCCCCC[C@H]1[C@H](CC(=O)OC)[C@@H](O[Si](C)(C)C)C[C@H]1O[Si](C)(C)C. The first-order valence-electron chi connectivity index (χ1n) is 11.4. The first-order valence-corrected chi connectivity index (χ1v) is 18.2. The molecule has 0 N–H and O–H groups in total. The van der Waals surface area contributed by atoms with Crippen molar-refractivity contribution in [1.29, 1.82) is 0 Å². The maximum absolute atomic E-state index is 12.2. The molecule has 0 heterocycles. The number of carbonyl (C=O) groups is 1. The Bertz CT molecular complexity index is 473. The van der Waals surface area contributed by atoms with E-state index in [1.54, 1.807) is 7.11 Å². The normalized spacial score (nSPS) is 25.4. The van der Waals surface area contributed by atoms with Crippen molar-refractivity contribution in [3.63, 3.8) is 0 Å². The van der Waals surface area contributed by atoms with E-state index in [9.17, 15) is 4.79 Å². The smallest absolute Gasteiger partial charge is 0.305 e. The highest BCUT2D eigenvalue weighted by molar-refractivity contribution is 6.70. The molecule has 0 radical (unpaired) electrons. The lowest BCUT2D eigenvalue weighted by Crippen LogP contribution is -2.36. The maximum Gasteiger partial charge on any atom is 0.305 e. The summed E-state index contributed by atoms with van der Waals surface area (Å²) in [4.78, 5) is 12.2. The molecule has 0 bridgehead atoms. The number of esters is 1. The van der Waals surface area contributed by atoms with Crippen molar-refractivity contribution >= 4 is 22.6 Å². The first-order chi connectivity index (χ1) is 13.5. The molecular formula is C22H46O5Si2. The average Bonchev–Trinajstić information content (AvgIpc) is 2.86. The summed E-state index contributed by atoms with van der Waals surface area (Å²) in [6, 6.07) is 0. The quantitative estimate of drug-likeness (QED) is 0.197. The number of ether oxygens (including phenoxy) is 2. The van der Waals surface area contributed by atoms with Crippen LogP contribution in [0.5, 0.6) is 0 Å². The van der Waals surface area contributed by atoms with Gasteiger partial charge in [0.05, 0.1) is 25.7 Å². The van der Waals surface area contributed by atoms with Crippen LogP contribution in [0, 0.1) is 11.8 Å². The zero-order valence-corrected chi connectivity index (χ0v) is 22.2. The Kier molecular flexibility index (Phi) is 11.6. The first kappa shape index (κ1) is 26.8. The lowest BCUT2D eigenvalue weighted by atomic mass is 9.86. The highest BCUT2D eigenvalue weighted by Gasteiger charge is 2.47. The van der Waals surface area contributed by atoms with Crippen LogP contribution in [0.25, 0.3) is 0 Å². The molecule has 1 saturated carbocycles. The fourth-order valence-electron chi connectivity index (χ4n) is 4.42. The van der Waals surface area contributed by atoms with Gasteiger partial charge in [-0.3, -0.25) is 4.79 Å². The van der Waals surface area contributed by atoms with E-state index in [2.05, 4.69) is 39.3 Å². The zero-order valence-electron chi connectivity index (χ0n) is 20.2. The molecule has 0 saturated heterocycles. The number of rotatable bonds is 14. The van der Waals surface area contributed by atoms with E-state index in [-0.39, 0.29) is 24.1 Å². The molecular weight excluding hydrogens is 400 g/mol. The summed E-state index contributed by atoms with van der Waals surface area (Å²) < 4.78 is 23.3. The predicted molar refractivity (Wildman–Crippen MR) is 124 cm³/mol. The van der Waals surface area contributed by atoms with Crippen molar-refractivity contribution in [3.8, 4) is 0 Å². The van der Waals surface area contributed by atoms with Gasteiger partial charge in [-0.15, -0.1) is 0 Å². The molecule has 1 fully saturated rings. The molecule has 29 heavy (non-hydrogen) atoms. The molecule has 1 rings (SSSR count). The minimum Gasteiger partial charge on any atom is -0.469 e. The van der Waals surface area contributed by atoms with Crippen LogP contribution in [0.15, 0.2) is 0 Å². The third kappa shape index (κ3) is 11.1. The number of unbranched alkanes of at least 4 members (excludes halogenated alkanes) is 4. The van der Waals surface area contributed by atoms with Crippen LogP contribution in [0.1, 0.15) is 51.4 Å². The molecule has 7 heteroatoms. The highest BCUT2D eigenvalue weighted by atomic mass is 28.4. The maximum atomic E-state index is 12.2. The van der Waals surface area contributed by atoms with Crippen molar-refractivity contribution in [2.75, 3.05) is 20.8 Å². The summed E-state index contributed by atoms with van der Waals surface area (Å²) >= 11 is 0. The number of methoxy groups -OCH3 is 2. The van der Waals surface area contributed by atoms with Crippen molar-refractivity contribution in [2.24, 2.45) is 11.8 Å². The van der Waals surface area contributed by atoms with Gasteiger partial charge in [0.25, 0.3) is 0 Å². The summed E-state index contributed by atoms with van der Waals surface area (Å²) in [6.07, 6.45) is 8.77. The van der Waals surface area contributed by atoms with Crippen LogP contribution in [0.3, 0.4) is 0 Å². The number of hydrogen-bond acceptors (Lipinski definition) is 5. The van der Waals surface area contributed by atoms with E-state index in [0.29, 0.717) is 12.3 Å². The average molecular weight is 447 g/mol. The Morgan fingerprint density at radius 3 is 1.83 bits per heavy atom. The monoisotopic (exact) mass is 446 g/mol. The highest BCUT2D eigenvalue weighted by Crippen LogP contribution is 2.43. The van der Waals surface area contributed by atoms with Crippen LogP contribution < -0.4 is 0 Å². The fourth-order valence-corrected chi connectivity index (χ4v) is 6.78. The Balaban J connectivity index is 2.82. The van der Waals surface area contributed by atoms with Gasteiger partial charge >= 0.3 is 5.97 Å². The molecule has 1 aliphatic carbocycles. The van der Waals surface area contributed by atoms with Gasteiger partial charge in [0.1, 0.15) is 0 Å².